The third-order valence-electron chi connectivity index (χ3n) is 4.84. The summed E-state index contributed by atoms with van der Waals surface area (Å²) in [5.74, 6) is 1.27. The van der Waals surface area contributed by atoms with E-state index in [1.807, 2.05) is 0 Å². The largest absolute Gasteiger partial charge is 0.0625 e. The van der Waals surface area contributed by atoms with Crippen LogP contribution in [0.2, 0.25) is 0 Å². The predicted octanol–water partition coefficient (Wildman–Crippen LogP) is 5.43. The van der Waals surface area contributed by atoms with Gasteiger partial charge in [-0.05, 0) is 65.0 Å². The van der Waals surface area contributed by atoms with Gasteiger partial charge in [0.1, 0.15) is 0 Å². The fourth-order valence-electron chi connectivity index (χ4n) is 4.10. The molecule has 0 N–H and O–H groups in total. The zero-order valence-electron chi connectivity index (χ0n) is 12.4. The Morgan fingerprint density at radius 3 is 2.80 bits per heavy atom. The number of allylic oxidation sites excluding steroid dienone is 12. The zero-order valence-corrected chi connectivity index (χ0v) is 12.4. The van der Waals surface area contributed by atoms with Gasteiger partial charge in [-0.3, -0.25) is 0 Å². The van der Waals surface area contributed by atoms with Crippen molar-refractivity contribution >= 4 is 0 Å². The molecule has 4 aliphatic rings. The van der Waals surface area contributed by atoms with E-state index in [1.165, 1.54) is 42.4 Å². The van der Waals surface area contributed by atoms with Crippen molar-refractivity contribution in [3.63, 3.8) is 0 Å². The minimum Gasteiger partial charge on any atom is -0.0625 e. The molecule has 0 heteroatoms. The fourth-order valence-corrected chi connectivity index (χ4v) is 4.10. The summed E-state index contributed by atoms with van der Waals surface area (Å²) in [6.45, 7) is 4.61. The molecular weight excluding hydrogens is 240 g/mol. The maximum absolute atomic E-state index is 2.44. The summed E-state index contributed by atoms with van der Waals surface area (Å²) in [6, 6.07) is 0. The van der Waals surface area contributed by atoms with Crippen molar-refractivity contribution in [1.82, 2.24) is 0 Å². The first-order valence-electron chi connectivity index (χ1n) is 7.97. The second-order valence-electron chi connectivity index (χ2n) is 6.88. The molecule has 20 heavy (non-hydrogen) atoms. The SMILES string of the molecule is CC(C)CC1=CC2=CC=C3CCCC4=C3C2C(=C1)C=C4. The van der Waals surface area contributed by atoms with Gasteiger partial charge >= 0.3 is 0 Å². The molecule has 0 aromatic heterocycles. The maximum Gasteiger partial charge on any atom is 0.0345 e. The van der Waals surface area contributed by atoms with Crippen molar-refractivity contribution in [2.45, 2.75) is 39.5 Å². The van der Waals surface area contributed by atoms with E-state index < -0.39 is 0 Å². The maximum atomic E-state index is 2.44. The van der Waals surface area contributed by atoms with Gasteiger partial charge in [-0.2, -0.15) is 0 Å². The lowest BCUT2D eigenvalue weighted by Gasteiger charge is -2.37. The molecule has 0 amide bonds. The van der Waals surface area contributed by atoms with Crippen LogP contribution >= 0.6 is 0 Å². The van der Waals surface area contributed by atoms with Crippen LogP contribution in [0.4, 0.5) is 0 Å². The molecular formula is C20H22. The van der Waals surface area contributed by atoms with Gasteiger partial charge in [-0.25, -0.2) is 0 Å². The third kappa shape index (κ3) is 1.82. The van der Waals surface area contributed by atoms with Crippen LogP contribution in [0, 0.1) is 11.8 Å². The molecule has 0 bridgehead atoms. The molecule has 1 atom stereocenters. The summed E-state index contributed by atoms with van der Waals surface area (Å²) >= 11 is 0. The first-order chi connectivity index (χ1) is 9.72. The average Bonchev–Trinajstić information content (AvgIpc) is 2.44. The Kier molecular flexibility index (Phi) is 2.73. The normalized spacial score (nSPS) is 26.9. The molecule has 1 unspecified atom stereocenters. The van der Waals surface area contributed by atoms with E-state index in [2.05, 4.69) is 50.3 Å². The van der Waals surface area contributed by atoms with Crippen LogP contribution in [0.15, 0.2) is 69.9 Å². The van der Waals surface area contributed by atoms with Crippen molar-refractivity contribution in [2.24, 2.45) is 11.8 Å². The van der Waals surface area contributed by atoms with Crippen molar-refractivity contribution in [2.75, 3.05) is 0 Å². The molecule has 0 spiro atoms. The first kappa shape index (κ1) is 12.2. The summed E-state index contributed by atoms with van der Waals surface area (Å²) in [4.78, 5) is 0. The summed E-state index contributed by atoms with van der Waals surface area (Å²) in [5, 5.41) is 0. The lowest BCUT2D eigenvalue weighted by molar-refractivity contribution is 0.643. The van der Waals surface area contributed by atoms with Crippen molar-refractivity contribution in [3.05, 3.63) is 69.9 Å². The fraction of sp³-hybridized carbons (Fsp3) is 0.400. The van der Waals surface area contributed by atoms with Crippen LogP contribution in [0.5, 0.6) is 0 Å². The predicted molar refractivity (Wildman–Crippen MR) is 85.3 cm³/mol. The second-order valence-corrected chi connectivity index (χ2v) is 6.88. The smallest absolute Gasteiger partial charge is 0.0345 e. The Bertz CT molecular complexity index is 642. The van der Waals surface area contributed by atoms with Crippen molar-refractivity contribution < 1.29 is 0 Å². The Labute approximate surface area is 122 Å². The van der Waals surface area contributed by atoms with E-state index in [1.54, 1.807) is 16.7 Å². The number of hydrogen-bond donors (Lipinski definition) is 0. The van der Waals surface area contributed by atoms with Crippen LogP contribution in [0.3, 0.4) is 0 Å². The lowest BCUT2D eigenvalue weighted by Crippen LogP contribution is -2.22. The summed E-state index contributed by atoms with van der Waals surface area (Å²) < 4.78 is 0. The van der Waals surface area contributed by atoms with Gasteiger partial charge in [0.05, 0.1) is 0 Å². The Hall–Kier alpha value is -1.56. The highest BCUT2D eigenvalue weighted by molar-refractivity contribution is 5.65. The van der Waals surface area contributed by atoms with Gasteiger partial charge in [0.15, 0.2) is 0 Å². The molecule has 0 aromatic rings. The minimum atomic E-state index is 0.547. The van der Waals surface area contributed by atoms with Gasteiger partial charge in [0.2, 0.25) is 0 Å². The highest BCUT2D eigenvalue weighted by atomic mass is 14.4. The van der Waals surface area contributed by atoms with E-state index >= 15 is 0 Å². The zero-order chi connectivity index (χ0) is 13.7. The molecule has 0 fully saturated rings. The molecule has 4 aliphatic carbocycles. The molecule has 0 heterocycles. The van der Waals surface area contributed by atoms with Crippen LogP contribution in [0.25, 0.3) is 0 Å². The molecule has 0 saturated heterocycles. The van der Waals surface area contributed by atoms with E-state index in [0.717, 1.165) is 5.92 Å². The molecule has 0 aromatic carbocycles. The molecule has 0 saturated carbocycles. The highest BCUT2D eigenvalue weighted by Gasteiger charge is 2.33. The van der Waals surface area contributed by atoms with E-state index in [-0.39, 0.29) is 0 Å². The Morgan fingerprint density at radius 1 is 1.05 bits per heavy atom. The quantitative estimate of drug-likeness (QED) is 0.622. The minimum absolute atomic E-state index is 0.547. The van der Waals surface area contributed by atoms with Crippen LogP contribution < -0.4 is 0 Å². The van der Waals surface area contributed by atoms with Gasteiger partial charge in [-0.1, -0.05) is 50.3 Å². The lowest BCUT2D eigenvalue weighted by atomic mass is 9.66. The van der Waals surface area contributed by atoms with Crippen molar-refractivity contribution in [1.29, 1.82) is 0 Å². The number of rotatable bonds is 2. The van der Waals surface area contributed by atoms with Gasteiger partial charge < -0.3 is 0 Å². The Balaban J connectivity index is 1.83. The highest BCUT2D eigenvalue weighted by Crippen LogP contribution is 2.49. The van der Waals surface area contributed by atoms with Gasteiger partial charge in [-0.15, -0.1) is 0 Å². The van der Waals surface area contributed by atoms with E-state index in [0.29, 0.717) is 5.92 Å². The van der Waals surface area contributed by atoms with Crippen LogP contribution in [0.1, 0.15) is 39.5 Å². The van der Waals surface area contributed by atoms with E-state index in [9.17, 15) is 0 Å². The molecule has 102 valence electrons. The first-order valence-corrected chi connectivity index (χ1v) is 7.97. The van der Waals surface area contributed by atoms with Gasteiger partial charge in [0, 0.05) is 5.92 Å². The van der Waals surface area contributed by atoms with Crippen LogP contribution in [-0.2, 0) is 0 Å². The molecule has 0 radical (unpaired) electrons. The summed E-state index contributed by atoms with van der Waals surface area (Å²) in [5.41, 5.74) is 9.36. The summed E-state index contributed by atoms with van der Waals surface area (Å²) in [7, 11) is 0. The summed E-state index contributed by atoms with van der Waals surface area (Å²) in [6.07, 6.45) is 19.4. The molecule has 4 rings (SSSR count). The van der Waals surface area contributed by atoms with Crippen molar-refractivity contribution in [3.8, 4) is 0 Å². The van der Waals surface area contributed by atoms with Crippen LogP contribution in [-0.4, -0.2) is 0 Å². The van der Waals surface area contributed by atoms with E-state index in [4.69, 9.17) is 0 Å². The molecule has 0 nitrogen and oxygen atoms in total. The second kappa shape index (κ2) is 4.48. The average molecular weight is 262 g/mol. The standard InChI is InChI=1S/C20H22/c1-13(2)10-14-11-17-8-6-15-4-3-5-16-7-9-18(12-14)20(17)19(15)16/h6-9,11-13,20H,3-5,10H2,1-2H3. The number of hydrogen-bond acceptors (Lipinski definition) is 0. The molecule has 0 aliphatic heterocycles. The third-order valence-corrected chi connectivity index (χ3v) is 4.84. The monoisotopic (exact) mass is 262 g/mol. The van der Waals surface area contributed by atoms with Gasteiger partial charge in [0.25, 0.3) is 0 Å². The Morgan fingerprint density at radius 2 is 1.95 bits per heavy atom. The topological polar surface area (TPSA) is 0 Å².